The van der Waals surface area contributed by atoms with E-state index >= 15 is 0 Å². The fourth-order valence-electron chi connectivity index (χ4n) is 2.48. The number of halogens is 2. The van der Waals surface area contributed by atoms with E-state index in [2.05, 4.69) is 6.92 Å². The van der Waals surface area contributed by atoms with E-state index in [1.165, 1.54) is 12.5 Å². The molecule has 0 atom stereocenters. The first kappa shape index (κ1) is 11.7. The van der Waals surface area contributed by atoms with Crippen LogP contribution in [0.5, 0.6) is 0 Å². The van der Waals surface area contributed by atoms with Gasteiger partial charge < -0.3 is 0 Å². The summed E-state index contributed by atoms with van der Waals surface area (Å²) in [5, 5.41) is 0. The minimum absolute atomic E-state index is 0.160. The van der Waals surface area contributed by atoms with Crippen LogP contribution in [-0.4, -0.2) is 0 Å². The topological polar surface area (TPSA) is 0 Å². The molecule has 0 unspecified atom stereocenters. The maximum atomic E-state index is 12.4. The van der Waals surface area contributed by atoms with E-state index in [0.29, 0.717) is 0 Å². The number of unbranched alkanes of at least 4 members (excludes halogenated alkanes) is 1. The van der Waals surface area contributed by atoms with Crippen molar-refractivity contribution in [1.82, 2.24) is 0 Å². The summed E-state index contributed by atoms with van der Waals surface area (Å²) in [7, 11) is 0. The van der Waals surface area contributed by atoms with E-state index in [1.807, 2.05) is 0 Å². The molecule has 1 aliphatic carbocycles. The molecule has 0 nitrogen and oxygen atoms in total. The lowest BCUT2D eigenvalue weighted by atomic mass is 9.71. The third-order valence-electron chi connectivity index (χ3n) is 3.29. The molecule has 0 spiro atoms. The molecule has 0 aromatic rings. The average molecular weight is 202 g/mol. The third kappa shape index (κ3) is 3.39. The fourth-order valence-corrected chi connectivity index (χ4v) is 2.48. The maximum Gasteiger partial charge on any atom is 0.266 e. The molecule has 1 saturated carbocycles. The summed E-state index contributed by atoms with van der Waals surface area (Å²) in [5.74, 6) is 0. The van der Waals surface area contributed by atoms with Crippen LogP contribution in [0.2, 0.25) is 0 Å². The zero-order valence-corrected chi connectivity index (χ0v) is 8.99. The number of rotatable bonds is 4. The van der Waals surface area contributed by atoms with Crippen molar-refractivity contribution in [3.8, 4) is 0 Å². The normalized spacial score (nSPS) is 20.5. The lowest BCUT2D eigenvalue weighted by Gasteiger charge is -2.34. The zero-order chi connectivity index (χ0) is 10.4. The number of hydrogen-bond donors (Lipinski definition) is 0. The Bertz CT molecular complexity index is 186. The molecule has 1 aliphatic rings. The Balaban J connectivity index is 2.62. The highest BCUT2D eigenvalue weighted by Crippen LogP contribution is 2.42. The van der Waals surface area contributed by atoms with Crippen molar-refractivity contribution in [2.24, 2.45) is 5.41 Å². The van der Waals surface area contributed by atoms with Gasteiger partial charge in [-0.05, 0) is 30.8 Å². The van der Waals surface area contributed by atoms with Crippen molar-refractivity contribution in [1.29, 1.82) is 0 Å². The molecule has 0 aliphatic heterocycles. The van der Waals surface area contributed by atoms with Crippen LogP contribution in [0, 0.1) is 5.41 Å². The van der Waals surface area contributed by atoms with Crippen LogP contribution in [0.3, 0.4) is 0 Å². The van der Waals surface area contributed by atoms with Crippen molar-refractivity contribution in [3.63, 3.8) is 0 Å². The predicted molar refractivity (Wildman–Crippen MR) is 55.3 cm³/mol. The van der Waals surface area contributed by atoms with Gasteiger partial charge in [0.15, 0.2) is 0 Å². The quantitative estimate of drug-likeness (QED) is 0.607. The molecule has 0 saturated heterocycles. The summed E-state index contributed by atoms with van der Waals surface area (Å²) in [6, 6.07) is 0. The van der Waals surface area contributed by atoms with Crippen molar-refractivity contribution in [2.75, 3.05) is 0 Å². The van der Waals surface area contributed by atoms with E-state index < -0.39 is 6.08 Å². The smallest absolute Gasteiger partial charge is 0.174 e. The Kier molecular flexibility index (Phi) is 4.56. The summed E-state index contributed by atoms with van der Waals surface area (Å²) in [5.41, 5.74) is -0.160. The van der Waals surface area contributed by atoms with Gasteiger partial charge in [-0.15, -0.1) is 0 Å². The van der Waals surface area contributed by atoms with Crippen molar-refractivity contribution < 1.29 is 8.78 Å². The summed E-state index contributed by atoms with van der Waals surface area (Å²) in [4.78, 5) is 0. The van der Waals surface area contributed by atoms with Gasteiger partial charge in [0.05, 0.1) is 0 Å². The molecule has 0 N–H and O–H groups in total. The summed E-state index contributed by atoms with van der Waals surface area (Å²) >= 11 is 0. The Morgan fingerprint density at radius 3 is 2.36 bits per heavy atom. The van der Waals surface area contributed by atoms with E-state index in [9.17, 15) is 8.78 Å². The van der Waals surface area contributed by atoms with Gasteiger partial charge in [-0.25, -0.2) is 0 Å². The van der Waals surface area contributed by atoms with Crippen LogP contribution in [-0.2, 0) is 0 Å². The Hall–Kier alpha value is -0.400. The van der Waals surface area contributed by atoms with Crippen LogP contribution in [0.1, 0.15) is 58.3 Å². The lowest BCUT2D eigenvalue weighted by Crippen LogP contribution is -2.21. The first-order valence-corrected chi connectivity index (χ1v) is 5.72. The molecule has 0 heterocycles. The standard InChI is InChI=1S/C12H20F2/c1-2-3-7-12(10-11(13)14)8-5-4-6-9-12/h10H,2-9H2,1H3. The van der Waals surface area contributed by atoms with Crippen LogP contribution in [0.15, 0.2) is 12.2 Å². The molecular formula is C12H20F2. The monoisotopic (exact) mass is 202 g/mol. The Morgan fingerprint density at radius 1 is 1.21 bits per heavy atom. The van der Waals surface area contributed by atoms with Gasteiger partial charge in [-0.3, -0.25) is 0 Å². The van der Waals surface area contributed by atoms with E-state index in [0.717, 1.165) is 44.9 Å². The van der Waals surface area contributed by atoms with Crippen LogP contribution >= 0.6 is 0 Å². The summed E-state index contributed by atoms with van der Waals surface area (Å²) < 4.78 is 24.7. The van der Waals surface area contributed by atoms with Crippen LogP contribution in [0.25, 0.3) is 0 Å². The maximum absolute atomic E-state index is 12.4. The minimum Gasteiger partial charge on any atom is -0.174 e. The summed E-state index contributed by atoms with van der Waals surface area (Å²) in [6.07, 6.45) is 8.25. The number of allylic oxidation sites excluding steroid dienone is 1. The van der Waals surface area contributed by atoms with Gasteiger partial charge in [-0.1, -0.05) is 39.0 Å². The van der Waals surface area contributed by atoms with Gasteiger partial charge in [0, 0.05) is 0 Å². The highest BCUT2D eigenvalue weighted by Gasteiger charge is 2.30. The average Bonchev–Trinajstić information content (AvgIpc) is 2.15. The van der Waals surface area contributed by atoms with Crippen molar-refractivity contribution >= 4 is 0 Å². The van der Waals surface area contributed by atoms with Crippen molar-refractivity contribution in [2.45, 2.75) is 58.3 Å². The molecular weight excluding hydrogens is 182 g/mol. The molecule has 0 amide bonds. The molecule has 82 valence electrons. The lowest BCUT2D eigenvalue weighted by molar-refractivity contribution is 0.221. The van der Waals surface area contributed by atoms with E-state index in [1.54, 1.807) is 0 Å². The van der Waals surface area contributed by atoms with E-state index in [-0.39, 0.29) is 5.41 Å². The van der Waals surface area contributed by atoms with Gasteiger partial charge in [0.25, 0.3) is 6.08 Å². The van der Waals surface area contributed by atoms with Crippen LogP contribution in [0.4, 0.5) is 8.78 Å². The second-order valence-corrected chi connectivity index (χ2v) is 4.46. The third-order valence-corrected chi connectivity index (χ3v) is 3.29. The Labute approximate surface area is 85.4 Å². The van der Waals surface area contributed by atoms with Gasteiger partial charge in [0.2, 0.25) is 0 Å². The molecule has 1 fully saturated rings. The first-order chi connectivity index (χ1) is 6.68. The van der Waals surface area contributed by atoms with Gasteiger partial charge >= 0.3 is 0 Å². The molecule has 0 aromatic carbocycles. The zero-order valence-electron chi connectivity index (χ0n) is 8.99. The molecule has 1 rings (SSSR count). The highest BCUT2D eigenvalue weighted by atomic mass is 19.3. The van der Waals surface area contributed by atoms with E-state index in [4.69, 9.17) is 0 Å². The fraction of sp³-hybridized carbons (Fsp3) is 0.833. The molecule has 14 heavy (non-hydrogen) atoms. The van der Waals surface area contributed by atoms with Crippen molar-refractivity contribution in [3.05, 3.63) is 12.2 Å². The minimum atomic E-state index is -1.48. The second-order valence-electron chi connectivity index (χ2n) is 4.46. The highest BCUT2D eigenvalue weighted by molar-refractivity contribution is 5.01. The molecule has 2 heteroatoms. The number of hydrogen-bond acceptors (Lipinski definition) is 0. The van der Waals surface area contributed by atoms with Crippen LogP contribution < -0.4 is 0 Å². The largest absolute Gasteiger partial charge is 0.266 e. The first-order valence-electron chi connectivity index (χ1n) is 5.72. The summed E-state index contributed by atoms with van der Waals surface area (Å²) in [6.45, 7) is 2.12. The second kappa shape index (κ2) is 5.47. The van der Waals surface area contributed by atoms with Gasteiger partial charge in [0.1, 0.15) is 0 Å². The molecule has 0 bridgehead atoms. The predicted octanol–water partition coefficient (Wildman–Crippen LogP) is 4.91. The van der Waals surface area contributed by atoms with Gasteiger partial charge in [-0.2, -0.15) is 8.78 Å². The molecule has 0 radical (unpaired) electrons. The Morgan fingerprint density at radius 2 is 1.86 bits per heavy atom. The molecule has 0 aromatic heterocycles. The SMILES string of the molecule is CCCCC1(C=C(F)F)CCCCC1.